The Morgan fingerprint density at radius 3 is 1.50 bits per heavy atom. The molecule has 116 valence electrons. The van der Waals surface area contributed by atoms with Crippen LogP contribution in [0, 0.1) is 0 Å². The van der Waals surface area contributed by atoms with E-state index in [1.807, 2.05) is 13.8 Å². The second-order valence-electron chi connectivity index (χ2n) is 2.23. The van der Waals surface area contributed by atoms with Crippen molar-refractivity contribution in [1.29, 1.82) is 0 Å². The third kappa shape index (κ3) is 78.8. The van der Waals surface area contributed by atoms with Crippen LogP contribution in [-0.2, 0) is 9.53 Å². The highest BCUT2D eigenvalue weighted by Gasteiger charge is 1.98. The van der Waals surface area contributed by atoms with Gasteiger partial charge in [-0.3, -0.25) is 0 Å². The van der Waals surface area contributed by atoms with E-state index in [4.69, 9.17) is 0 Å². The Morgan fingerprint density at radius 1 is 1.22 bits per heavy atom. The molecule has 0 saturated carbocycles. The van der Waals surface area contributed by atoms with Crippen molar-refractivity contribution in [2.24, 2.45) is 0 Å². The molecule has 0 radical (unpaired) electrons. The van der Waals surface area contributed by atoms with Crippen LogP contribution in [0.15, 0.2) is 24.8 Å². The molecule has 18 heavy (non-hydrogen) atoms. The molecule has 0 spiro atoms. The van der Waals surface area contributed by atoms with Gasteiger partial charge in [-0.25, -0.2) is 4.79 Å². The Hall–Kier alpha value is -0.700. The van der Waals surface area contributed by atoms with Gasteiger partial charge < -0.3 is 4.74 Å². The summed E-state index contributed by atoms with van der Waals surface area (Å²) in [4.78, 5) is 10.4. The van der Waals surface area contributed by atoms with Gasteiger partial charge in [0.1, 0.15) is 0 Å². The van der Waals surface area contributed by atoms with Gasteiger partial charge in [0.15, 0.2) is 0 Å². The molecule has 0 heterocycles. The first-order valence-corrected chi connectivity index (χ1v) is 5.15. The maximum Gasteiger partial charge on any atom is 0.333 e. The molecule has 0 unspecified atom stereocenters. The Kier molecular flexibility index (Phi) is 106. The number of carbonyl (C=O) groups excluding carboxylic acids is 1. The van der Waals surface area contributed by atoms with Crippen LogP contribution >= 0.6 is 12.6 Å². The molecular formula is C15H38O2S. The third-order valence-electron chi connectivity index (χ3n) is 0.624. The van der Waals surface area contributed by atoms with E-state index in [2.05, 4.69) is 30.5 Å². The monoisotopic (exact) mass is 282 g/mol. The fourth-order valence-electron chi connectivity index (χ4n) is 0.254. The lowest BCUT2D eigenvalue weighted by Crippen LogP contribution is -2.03. The Bertz CT molecular complexity index is 155. The summed E-state index contributed by atoms with van der Waals surface area (Å²) in [5.41, 5.74) is 0.451. The van der Waals surface area contributed by atoms with Crippen molar-refractivity contribution in [3.05, 3.63) is 24.8 Å². The van der Waals surface area contributed by atoms with Gasteiger partial charge >= 0.3 is 5.97 Å². The van der Waals surface area contributed by atoms with Crippen LogP contribution in [0.1, 0.15) is 57.4 Å². The highest BCUT2D eigenvalue weighted by atomic mass is 32.1. The predicted octanol–water partition coefficient (Wildman–Crippen LogP) is 5.80. The number of hydrogen-bond donors (Lipinski definition) is 1. The average molecular weight is 283 g/mol. The topological polar surface area (TPSA) is 26.3 Å². The summed E-state index contributed by atoms with van der Waals surface area (Å²) < 4.78 is 4.56. The predicted molar refractivity (Wildman–Crippen MR) is 93.8 cm³/mol. The van der Waals surface area contributed by atoms with Crippen molar-refractivity contribution in [2.75, 3.05) is 12.4 Å². The van der Waals surface area contributed by atoms with Gasteiger partial charge in [0.05, 0.1) is 6.61 Å². The lowest BCUT2D eigenvalue weighted by Gasteiger charge is -1.96. The van der Waals surface area contributed by atoms with Crippen molar-refractivity contribution in [2.45, 2.75) is 57.4 Å². The molecule has 0 fully saturated rings. The van der Waals surface area contributed by atoms with Crippen LogP contribution in [0.25, 0.3) is 0 Å². The van der Waals surface area contributed by atoms with Crippen molar-refractivity contribution in [3.8, 4) is 0 Å². The highest BCUT2D eigenvalue weighted by molar-refractivity contribution is 7.80. The second kappa shape index (κ2) is 44.1. The maximum absolute atomic E-state index is 10.4. The van der Waals surface area contributed by atoms with E-state index in [0.29, 0.717) is 12.2 Å². The van der Waals surface area contributed by atoms with Crippen molar-refractivity contribution in [1.82, 2.24) is 0 Å². The van der Waals surface area contributed by atoms with Crippen molar-refractivity contribution in [3.63, 3.8) is 0 Å². The van der Waals surface area contributed by atoms with Gasteiger partial charge in [-0.15, -0.1) is 6.58 Å². The summed E-state index contributed by atoms with van der Waals surface area (Å²) >= 11 is 3.79. The van der Waals surface area contributed by atoms with Crippen LogP contribution < -0.4 is 0 Å². The van der Waals surface area contributed by atoms with Crippen LogP contribution in [0.4, 0.5) is 0 Å². The molecule has 0 aliphatic heterocycles. The number of rotatable bonds is 2. The number of hydrogen-bond acceptors (Lipinski definition) is 3. The first-order valence-electron chi connectivity index (χ1n) is 4.52. The number of esters is 1. The molecule has 0 aliphatic rings. The fraction of sp³-hybridized carbons (Fsp3) is 0.667. The summed E-state index contributed by atoms with van der Waals surface area (Å²) in [5, 5.41) is 0. The lowest BCUT2D eigenvalue weighted by atomic mass is 10.4. The molecule has 0 atom stereocenters. The van der Waals surface area contributed by atoms with Gasteiger partial charge in [0, 0.05) is 5.57 Å². The largest absolute Gasteiger partial charge is 0.463 e. The van der Waals surface area contributed by atoms with E-state index in [1.165, 1.54) is 0 Å². The number of carbonyl (C=O) groups is 1. The normalized spacial score (nSPS) is 5.39. The average Bonchev–Trinajstić information content (AvgIpc) is 2.07. The zero-order valence-corrected chi connectivity index (χ0v) is 10.6. The molecule has 0 aromatic carbocycles. The molecule has 0 rings (SSSR count). The molecule has 0 saturated heterocycles. The molecule has 0 amide bonds. The molecule has 0 aromatic heterocycles. The Balaban J connectivity index is -0.0000000213. The van der Waals surface area contributed by atoms with Gasteiger partial charge in [-0.1, -0.05) is 49.3 Å². The van der Waals surface area contributed by atoms with Gasteiger partial charge in [0.2, 0.25) is 0 Å². The first kappa shape index (κ1) is 43.3. The summed E-state index contributed by atoms with van der Waals surface area (Å²) in [6.45, 7) is 14.4. The lowest BCUT2D eigenvalue weighted by molar-refractivity contribution is -0.138. The summed E-state index contributed by atoms with van der Waals surface area (Å²) in [6.07, 6.45) is 1.75. The standard InChI is InChI=1S/C6H10O2.C3H6.C2H6S.4CH4/c1-4-8-6(7)5(2)3;1-3-2;1-2-3;;;;/h2,4H2,1,3H3;3H,1H2,2H3;3H,2H2,1H3;4*1H4. The van der Waals surface area contributed by atoms with Crippen LogP contribution in [0.5, 0.6) is 0 Å². The number of thiol groups is 1. The molecule has 0 bridgehead atoms. The van der Waals surface area contributed by atoms with Gasteiger partial charge in [0.25, 0.3) is 0 Å². The second-order valence-corrected chi connectivity index (χ2v) is 2.86. The van der Waals surface area contributed by atoms with Crippen molar-refractivity contribution >= 4 is 18.6 Å². The van der Waals surface area contributed by atoms with Crippen LogP contribution in [0.3, 0.4) is 0 Å². The fourth-order valence-corrected chi connectivity index (χ4v) is 0.254. The highest BCUT2D eigenvalue weighted by Crippen LogP contribution is 1.89. The van der Waals surface area contributed by atoms with E-state index in [9.17, 15) is 4.79 Å². The number of allylic oxidation sites excluding steroid dienone is 1. The minimum atomic E-state index is -0.312. The third-order valence-corrected chi connectivity index (χ3v) is 0.624. The van der Waals surface area contributed by atoms with E-state index in [0.717, 1.165) is 5.75 Å². The smallest absolute Gasteiger partial charge is 0.333 e. The Labute approximate surface area is 123 Å². The summed E-state index contributed by atoms with van der Waals surface area (Å²) in [7, 11) is 0. The zero-order valence-electron chi connectivity index (χ0n) is 9.67. The molecule has 3 heteroatoms. The molecule has 2 nitrogen and oxygen atoms in total. The van der Waals surface area contributed by atoms with Gasteiger partial charge in [-0.2, -0.15) is 12.6 Å². The maximum atomic E-state index is 10.4. The molecular weight excluding hydrogens is 244 g/mol. The Morgan fingerprint density at radius 2 is 1.44 bits per heavy atom. The van der Waals surface area contributed by atoms with E-state index < -0.39 is 0 Å². The quantitative estimate of drug-likeness (QED) is 0.300. The zero-order chi connectivity index (χ0) is 12.0. The van der Waals surface area contributed by atoms with Gasteiger partial charge in [-0.05, 0) is 26.5 Å². The summed E-state index contributed by atoms with van der Waals surface area (Å²) in [5.74, 6) is 0.632. The SMILES string of the molecule is C.C.C.C.C=C(C)C(=O)OCC.C=CC.CCS. The molecule has 0 aliphatic carbocycles. The minimum absolute atomic E-state index is 0. The van der Waals surface area contributed by atoms with E-state index in [-0.39, 0.29) is 35.7 Å². The van der Waals surface area contributed by atoms with Crippen molar-refractivity contribution < 1.29 is 9.53 Å². The van der Waals surface area contributed by atoms with Crippen LogP contribution in [0.2, 0.25) is 0 Å². The van der Waals surface area contributed by atoms with Crippen LogP contribution in [-0.4, -0.2) is 18.3 Å². The van der Waals surface area contributed by atoms with E-state index in [1.54, 1.807) is 19.9 Å². The minimum Gasteiger partial charge on any atom is -0.463 e. The first-order chi connectivity index (χ1) is 6.51. The molecule has 0 N–H and O–H groups in total. The number of ether oxygens (including phenoxy) is 1. The van der Waals surface area contributed by atoms with E-state index >= 15 is 0 Å². The molecule has 0 aromatic rings. The summed E-state index contributed by atoms with van der Waals surface area (Å²) in [6, 6.07) is 0.